The summed E-state index contributed by atoms with van der Waals surface area (Å²) in [6.45, 7) is 8.05. The maximum Gasteiger partial charge on any atom is 0.234 e. The average Bonchev–Trinajstić information content (AvgIpc) is 2.12. The van der Waals surface area contributed by atoms with Gasteiger partial charge in [0.2, 0.25) is 5.91 Å². The van der Waals surface area contributed by atoms with Crippen molar-refractivity contribution in [3.8, 4) is 0 Å². The van der Waals surface area contributed by atoms with Crippen LogP contribution < -0.4 is 5.32 Å². The summed E-state index contributed by atoms with van der Waals surface area (Å²) in [5, 5.41) is 11.5. The Labute approximate surface area is 86.3 Å². The molecular formula is C10H22N2O2. The Morgan fingerprint density at radius 1 is 1.50 bits per heavy atom. The van der Waals surface area contributed by atoms with Gasteiger partial charge in [0.1, 0.15) is 0 Å². The standard InChI is InChI=1S/C10H22N2O2/c1-4-11-10(14)8-12(9(2)3)6-5-7-13/h9,13H,4-8H2,1-3H3,(H,11,14). The Morgan fingerprint density at radius 3 is 2.57 bits per heavy atom. The number of aliphatic hydroxyl groups is 1. The van der Waals surface area contributed by atoms with Gasteiger partial charge in [-0.05, 0) is 27.2 Å². The minimum atomic E-state index is 0.0548. The highest BCUT2D eigenvalue weighted by Crippen LogP contribution is 1.98. The van der Waals surface area contributed by atoms with Crippen LogP contribution >= 0.6 is 0 Å². The van der Waals surface area contributed by atoms with E-state index in [1.807, 2.05) is 6.92 Å². The van der Waals surface area contributed by atoms with Crippen molar-refractivity contribution in [1.29, 1.82) is 0 Å². The van der Waals surface area contributed by atoms with E-state index < -0.39 is 0 Å². The molecule has 0 aromatic rings. The first-order valence-corrected chi connectivity index (χ1v) is 5.23. The number of likely N-dealkylation sites (N-methyl/N-ethyl adjacent to an activating group) is 1. The lowest BCUT2D eigenvalue weighted by Gasteiger charge is -2.25. The van der Waals surface area contributed by atoms with Crippen LogP contribution in [-0.2, 0) is 4.79 Å². The molecule has 0 aliphatic heterocycles. The molecule has 0 unspecified atom stereocenters. The molecular weight excluding hydrogens is 180 g/mol. The number of hydrogen-bond acceptors (Lipinski definition) is 3. The first-order chi connectivity index (χ1) is 6.61. The molecule has 0 spiro atoms. The zero-order chi connectivity index (χ0) is 11.0. The molecule has 4 heteroatoms. The van der Waals surface area contributed by atoms with Crippen molar-refractivity contribution in [1.82, 2.24) is 10.2 Å². The Kier molecular flexibility index (Phi) is 7.42. The largest absolute Gasteiger partial charge is 0.396 e. The third kappa shape index (κ3) is 5.94. The summed E-state index contributed by atoms with van der Waals surface area (Å²) in [6, 6.07) is 0.337. The van der Waals surface area contributed by atoms with Gasteiger partial charge in [-0.3, -0.25) is 9.69 Å². The summed E-state index contributed by atoms with van der Waals surface area (Å²) >= 11 is 0. The van der Waals surface area contributed by atoms with E-state index in [9.17, 15) is 4.79 Å². The minimum absolute atomic E-state index is 0.0548. The van der Waals surface area contributed by atoms with Crippen LogP contribution in [0.1, 0.15) is 27.2 Å². The number of nitrogens with one attached hydrogen (secondary N) is 1. The van der Waals surface area contributed by atoms with Gasteiger partial charge in [-0.15, -0.1) is 0 Å². The van der Waals surface area contributed by atoms with Crippen molar-refractivity contribution in [2.24, 2.45) is 0 Å². The van der Waals surface area contributed by atoms with E-state index in [0.29, 0.717) is 19.1 Å². The number of hydrogen-bond donors (Lipinski definition) is 2. The van der Waals surface area contributed by atoms with Crippen molar-refractivity contribution in [2.45, 2.75) is 33.2 Å². The van der Waals surface area contributed by atoms with Crippen LogP contribution in [0.3, 0.4) is 0 Å². The van der Waals surface area contributed by atoms with Crippen LogP contribution in [0.4, 0.5) is 0 Å². The molecule has 0 aliphatic rings. The lowest BCUT2D eigenvalue weighted by molar-refractivity contribution is -0.122. The summed E-state index contributed by atoms with van der Waals surface area (Å²) in [7, 11) is 0. The van der Waals surface area contributed by atoms with Gasteiger partial charge in [-0.2, -0.15) is 0 Å². The van der Waals surface area contributed by atoms with Gasteiger partial charge in [0.15, 0.2) is 0 Å². The summed E-state index contributed by atoms with van der Waals surface area (Å²) in [5.74, 6) is 0.0548. The maximum absolute atomic E-state index is 11.3. The monoisotopic (exact) mass is 202 g/mol. The number of aliphatic hydroxyl groups excluding tert-OH is 1. The second-order valence-electron chi connectivity index (χ2n) is 3.59. The maximum atomic E-state index is 11.3. The van der Waals surface area contributed by atoms with Crippen molar-refractivity contribution >= 4 is 5.91 Å². The quantitative estimate of drug-likeness (QED) is 0.621. The lowest BCUT2D eigenvalue weighted by Crippen LogP contribution is -2.41. The predicted molar refractivity (Wildman–Crippen MR) is 57.1 cm³/mol. The van der Waals surface area contributed by atoms with Gasteiger partial charge in [-0.25, -0.2) is 0 Å². The number of nitrogens with zero attached hydrogens (tertiary/aromatic N) is 1. The Morgan fingerprint density at radius 2 is 2.14 bits per heavy atom. The number of rotatable bonds is 7. The zero-order valence-corrected chi connectivity index (χ0v) is 9.42. The van der Waals surface area contributed by atoms with Gasteiger partial charge in [0, 0.05) is 25.7 Å². The van der Waals surface area contributed by atoms with Gasteiger partial charge in [-0.1, -0.05) is 0 Å². The molecule has 0 atom stereocenters. The summed E-state index contributed by atoms with van der Waals surface area (Å²) in [4.78, 5) is 13.4. The summed E-state index contributed by atoms with van der Waals surface area (Å²) in [5.41, 5.74) is 0. The molecule has 0 bridgehead atoms. The Hall–Kier alpha value is -0.610. The van der Waals surface area contributed by atoms with Crippen molar-refractivity contribution in [2.75, 3.05) is 26.2 Å². The molecule has 0 aromatic carbocycles. The van der Waals surface area contributed by atoms with Gasteiger partial charge < -0.3 is 10.4 Å². The van der Waals surface area contributed by atoms with E-state index in [4.69, 9.17) is 5.11 Å². The van der Waals surface area contributed by atoms with E-state index in [-0.39, 0.29) is 12.5 Å². The zero-order valence-electron chi connectivity index (χ0n) is 9.42. The fraction of sp³-hybridized carbons (Fsp3) is 0.900. The third-order valence-electron chi connectivity index (χ3n) is 2.05. The van der Waals surface area contributed by atoms with E-state index in [0.717, 1.165) is 13.0 Å². The minimum Gasteiger partial charge on any atom is -0.396 e. The second kappa shape index (κ2) is 7.76. The van der Waals surface area contributed by atoms with Crippen LogP contribution in [0.2, 0.25) is 0 Å². The highest BCUT2D eigenvalue weighted by atomic mass is 16.3. The van der Waals surface area contributed by atoms with Crippen LogP contribution in [0.25, 0.3) is 0 Å². The molecule has 0 rings (SSSR count). The molecule has 0 radical (unpaired) electrons. The van der Waals surface area contributed by atoms with Crippen molar-refractivity contribution in [3.05, 3.63) is 0 Å². The molecule has 1 amide bonds. The van der Waals surface area contributed by atoms with Gasteiger partial charge in [0.05, 0.1) is 6.54 Å². The van der Waals surface area contributed by atoms with Gasteiger partial charge in [0.25, 0.3) is 0 Å². The van der Waals surface area contributed by atoms with Crippen LogP contribution in [-0.4, -0.2) is 48.2 Å². The summed E-state index contributed by atoms with van der Waals surface area (Å²) in [6.07, 6.45) is 0.720. The molecule has 0 fully saturated rings. The lowest BCUT2D eigenvalue weighted by atomic mass is 10.3. The topological polar surface area (TPSA) is 52.6 Å². The molecule has 4 nitrogen and oxygen atoms in total. The number of amides is 1. The number of carbonyl (C=O) groups is 1. The predicted octanol–water partition coefficient (Wildman–Crippen LogP) is 0.215. The second-order valence-corrected chi connectivity index (χ2v) is 3.59. The first-order valence-electron chi connectivity index (χ1n) is 5.23. The first kappa shape index (κ1) is 13.4. The normalized spacial score (nSPS) is 11.0. The molecule has 0 heterocycles. The van der Waals surface area contributed by atoms with Crippen LogP contribution in [0, 0.1) is 0 Å². The highest BCUT2D eigenvalue weighted by Gasteiger charge is 2.12. The van der Waals surface area contributed by atoms with Crippen molar-refractivity contribution < 1.29 is 9.90 Å². The van der Waals surface area contributed by atoms with E-state index in [2.05, 4.69) is 24.1 Å². The van der Waals surface area contributed by atoms with Gasteiger partial charge >= 0.3 is 0 Å². The molecule has 14 heavy (non-hydrogen) atoms. The molecule has 0 aromatic heterocycles. The molecule has 0 aliphatic carbocycles. The Bertz CT molecular complexity index is 160. The molecule has 0 saturated heterocycles. The summed E-state index contributed by atoms with van der Waals surface area (Å²) < 4.78 is 0. The van der Waals surface area contributed by atoms with E-state index in [1.54, 1.807) is 0 Å². The molecule has 2 N–H and O–H groups in total. The van der Waals surface area contributed by atoms with Crippen molar-refractivity contribution in [3.63, 3.8) is 0 Å². The van der Waals surface area contributed by atoms with Crippen LogP contribution in [0.5, 0.6) is 0 Å². The fourth-order valence-corrected chi connectivity index (χ4v) is 1.23. The fourth-order valence-electron chi connectivity index (χ4n) is 1.23. The third-order valence-corrected chi connectivity index (χ3v) is 2.05. The smallest absolute Gasteiger partial charge is 0.234 e. The SMILES string of the molecule is CCNC(=O)CN(CCCO)C(C)C. The average molecular weight is 202 g/mol. The highest BCUT2D eigenvalue weighted by molar-refractivity contribution is 5.77. The van der Waals surface area contributed by atoms with Crippen LogP contribution in [0.15, 0.2) is 0 Å². The van der Waals surface area contributed by atoms with E-state index >= 15 is 0 Å². The molecule has 0 saturated carbocycles. The molecule has 84 valence electrons. The van der Waals surface area contributed by atoms with E-state index in [1.165, 1.54) is 0 Å². The number of carbonyl (C=O) groups excluding carboxylic acids is 1. The Balaban J connectivity index is 3.89.